The summed E-state index contributed by atoms with van der Waals surface area (Å²) in [6, 6.07) is 7.99. The summed E-state index contributed by atoms with van der Waals surface area (Å²) in [5.74, 6) is 1.57. The summed E-state index contributed by atoms with van der Waals surface area (Å²) in [4.78, 5) is 14.5. The van der Waals surface area contributed by atoms with E-state index in [0.717, 1.165) is 37.2 Å². The number of likely N-dealkylation sites (tertiary alicyclic amines) is 1. The van der Waals surface area contributed by atoms with Gasteiger partial charge in [0.15, 0.2) is 0 Å². The molecule has 0 aromatic heterocycles. The highest BCUT2D eigenvalue weighted by Crippen LogP contribution is 2.21. The van der Waals surface area contributed by atoms with Crippen molar-refractivity contribution in [3.8, 4) is 5.75 Å². The molecular formula is C18H28N2O2. The summed E-state index contributed by atoms with van der Waals surface area (Å²) in [6.45, 7) is 6.88. The number of amides is 1. The number of benzene rings is 1. The molecule has 0 saturated carbocycles. The number of hydrogen-bond acceptors (Lipinski definition) is 3. The second kappa shape index (κ2) is 8.18. The van der Waals surface area contributed by atoms with E-state index in [2.05, 4.69) is 17.3 Å². The van der Waals surface area contributed by atoms with Gasteiger partial charge in [-0.25, -0.2) is 0 Å². The first kappa shape index (κ1) is 16.8. The highest BCUT2D eigenvalue weighted by atomic mass is 16.5. The molecule has 0 aliphatic carbocycles. The highest BCUT2D eigenvalue weighted by Gasteiger charge is 2.20. The van der Waals surface area contributed by atoms with E-state index >= 15 is 0 Å². The summed E-state index contributed by atoms with van der Waals surface area (Å²) in [5.41, 5.74) is 1.11. The van der Waals surface area contributed by atoms with E-state index in [1.807, 2.05) is 38.1 Å². The van der Waals surface area contributed by atoms with E-state index in [9.17, 15) is 4.79 Å². The van der Waals surface area contributed by atoms with Crippen molar-refractivity contribution in [3.05, 3.63) is 29.8 Å². The van der Waals surface area contributed by atoms with Gasteiger partial charge in [-0.1, -0.05) is 12.1 Å². The summed E-state index contributed by atoms with van der Waals surface area (Å²) in [5, 5.41) is 3.11. The zero-order chi connectivity index (χ0) is 15.9. The summed E-state index contributed by atoms with van der Waals surface area (Å²) in [6.07, 6.45) is 2.90. The van der Waals surface area contributed by atoms with E-state index in [-0.39, 0.29) is 11.9 Å². The molecule has 1 N–H and O–H groups in total. The lowest BCUT2D eigenvalue weighted by atomic mass is 9.93. The maximum atomic E-state index is 12.2. The first-order valence-corrected chi connectivity index (χ1v) is 8.29. The number of nitrogens with zero attached hydrogens (tertiary/aromatic N) is 1. The minimum Gasteiger partial charge on any atom is -0.494 e. The molecule has 1 aromatic rings. The van der Waals surface area contributed by atoms with Crippen LogP contribution in [0.2, 0.25) is 0 Å². The Balaban J connectivity index is 1.80. The van der Waals surface area contributed by atoms with E-state index < -0.39 is 0 Å². The summed E-state index contributed by atoms with van der Waals surface area (Å²) in [7, 11) is 2.14. The number of rotatable bonds is 6. The lowest BCUT2D eigenvalue weighted by Gasteiger charge is -2.28. The Hall–Kier alpha value is -1.55. The van der Waals surface area contributed by atoms with Crippen molar-refractivity contribution >= 4 is 5.91 Å². The van der Waals surface area contributed by atoms with Crippen LogP contribution in [0.1, 0.15) is 44.7 Å². The predicted molar refractivity (Wildman–Crippen MR) is 89.0 cm³/mol. The monoisotopic (exact) mass is 304 g/mol. The second-order valence-electron chi connectivity index (χ2n) is 6.24. The summed E-state index contributed by atoms with van der Waals surface area (Å²) < 4.78 is 5.44. The van der Waals surface area contributed by atoms with Crippen molar-refractivity contribution < 1.29 is 9.53 Å². The van der Waals surface area contributed by atoms with Crippen molar-refractivity contribution in [1.29, 1.82) is 0 Å². The predicted octanol–water partition coefficient (Wildman–Crippen LogP) is 2.99. The minimum atomic E-state index is 0.0365. The highest BCUT2D eigenvalue weighted by molar-refractivity contribution is 5.76. The number of piperidine rings is 1. The number of hydrogen-bond donors (Lipinski definition) is 1. The van der Waals surface area contributed by atoms with Gasteiger partial charge in [-0.15, -0.1) is 0 Å². The van der Waals surface area contributed by atoms with E-state index in [0.29, 0.717) is 18.9 Å². The van der Waals surface area contributed by atoms with Gasteiger partial charge in [0.25, 0.3) is 0 Å². The van der Waals surface area contributed by atoms with Crippen LogP contribution in [0.25, 0.3) is 0 Å². The fourth-order valence-corrected chi connectivity index (χ4v) is 2.93. The van der Waals surface area contributed by atoms with Crippen molar-refractivity contribution in [1.82, 2.24) is 10.2 Å². The standard InChI is InChI=1S/C18H28N2O2/c1-4-22-17-7-5-16(6-8-17)14(2)19-18(21)13-15-9-11-20(3)12-10-15/h5-8,14-15H,4,9-13H2,1-3H3,(H,19,21)/t14-/m0/s1. The van der Waals surface area contributed by atoms with Gasteiger partial charge in [0.05, 0.1) is 12.6 Å². The van der Waals surface area contributed by atoms with E-state index in [1.54, 1.807) is 0 Å². The van der Waals surface area contributed by atoms with E-state index in [1.165, 1.54) is 0 Å². The molecule has 1 atom stereocenters. The quantitative estimate of drug-likeness (QED) is 0.878. The molecular weight excluding hydrogens is 276 g/mol. The van der Waals surface area contributed by atoms with Gasteiger partial charge in [0.1, 0.15) is 5.75 Å². The van der Waals surface area contributed by atoms with Crippen LogP contribution in [-0.4, -0.2) is 37.6 Å². The van der Waals surface area contributed by atoms with Gasteiger partial charge in [-0.2, -0.15) is 0 Å². The van der Waals surface area contributed by atoms with Crippen molar-refractivity contribution in [2.75, 3.05) is 26.7 Å². The third-order valence-corrected chi connectivity index (χ3v) is 4.38. The van der Waals surface area contributed by atoms with Gasteiger partial charge in [0.2, 0.25) is 5.91 Å². The van der Waals surface area contributed by atoms with E-state index in [4.69, 9.17) is 4.74 Å². The van der Waals surface area contributed by atoms with Gasteiger partial charge < -0.3 is 15.0 Å². The minimum absolute atomic E-state index is 0.0365. The molecule has 0 unspecified atom stereocenters. The Morgan fingerprint density at radius 1 is 1.32 bits per heavy atom. The Morgan fingerprint density at radius 3 is 2.55 bits per heavy atom. The zero-order valence-corrected chi connectivity index (χ0v) is 14.0. The third-order valence-electron chi connectivity index (χ3n) is 4.38. The molecule has 1 saturated heterocycles. The van der Waals surface area contributed by atoms with Crippen LogP contribution < -0.4 is 10.1 Å². The van der Waals surface area contributed by atoms with Gasteiger partial charge in [-0.05, 0) is 70.4 Å². The first-order valence-electron chi connectivity index (χ1n) is 8.29. The molecule has 1 heterocycles. The normalized spacial score (nSPS) is 18.0. The largest absolute Gasteiger partial charge is 0.494 e. The molecule has 0 spiro atoms. The molecule has 1 amide bonds. The Labute approximate surface area is 133 Å². The van der Waals surface area contributed by atoms with Crippen LogP contribution >= 0.6 is 0 Å². The van der Waals surface area contributed by atoms with Crippen molar-refractivity contribution in [3.63, 3.8) is 0 Å². The van der Waals surface area contributed by atoms with Crippen LogP contribution in [-0.2, 0) is 4.79 Å². The molecule has 0 bridgehead atoms. The lowest BCUT2D eigenvalue weighted by Crippen LogP contribution is -2.34. The molecule has 1 aliphatic rings. The molecule has 1 aliphatic heterocycles. The van der Waals surface area contributed by atoms with Crippen molar-refractivity contribution in [2.45, 2.75) is 39.2 Å². The molecule has 22 heavy (non-hydrogen) atoms. The van der Waals surface area contributed by atoms with Crippen LogP contribution in [0.5, 0.6) is 5.75 Å². The molecule has 1 aromatic carbocycles. The topological polar surface area (TPSA) is 41.6 Å². The zero-order valence-electron chi connectivity index (χ0n) is 14.0. The van der Waals surface area contributed by atoms with Crippen LogP contribution in [0, 0.1) is 5.92 Å². The number of carbonyl (C=O) groups excluding carboxylic acids is 1. The molecule has 0 radical (unpaired) electrons. The van der Waals surface area contributed by atoms with Gasteiger partial charge >= 0.3 is 0 Å². The molecule has 4 nitrogen and oxygen atoms in total. The Kier molecular flexibility index (Phi) is 6.25. The molecule has 1 fully saturated rings. The fraction of sp³-hybridized carbons (Fsp3) is 0.611. The van der Waals surface area contributed by atoms with Crippen LogP contribution in [0.4, 0.5) is 0 Å². The lowest BCUT2D eigenvalue weighted by molar-refractivity contribution is -0.123. The summed E-state index contributed by atoms with van der Waals surface area (Å²) >= 11 is 0. The van der Waals surface area contributed by atoms with Crippen LogP contribution in [0.15, 0.2) is 24.3 Å². The SMILES string of the molecule is CCOc1ccc([C@H](C)NC(=O)CC2CCN(C)CC2)cc1. The molecule has 4 heteroatoms. The number of nitrogens with one attached hydrogen (secondary N) is 1. The first-order chi connectivity index (χ1) is 10.6. The third kappa shape index (κ3) is 5.02. The maximum Gasteiger partial charge on any atom is 0.220 e. The van der Waals surface area contributed by atoms with Crippen LogP contribution in [0.3, 0.4) is 0 Å². The maximum absolute atomic E-state index is 12.2. The number of ether oxygens (including phenoxy) is 1. The van der Waals surface area contributed by atoms with Gasteiger partial charge in [-0.3, -0.25) is 4.79 Å². The fourth-order valence-electron chi connectivity index (χ4n) is 2.93. The second-order valence-corrected chi connectivity index (χ2v) is 6.24. The smallest absolute Gasteiger partial charge is 0.220 e. The Bertz CT molecular complexity index is 464. The average Bonchev–Trinajstić information content (AvgIpc) is 2.50. The van der Waals surface area contributed by atoms with Crippen molar-refractivity contribution in [2.24, 2.45) is 5.92 Å². The molecule has 2 rings (SSSR count). The average molecular weight is 304 g/mol. The Morgan fingerprint density at radius 2 is 1.95 bits per heavy atom. The molecule has 122 valence electrons. The van der Waals surface area contributed by atoms with Gasteiger partial charge in [0, 0.05) is 6.42 Å². The number of carbonyl (C=O) groups is 1.